The number of amides is 2. The van der Waals surface area contributed by atoms with Gasteiger partial charge < -0.3 is 15.4 Å². The molecule has 0 saturated carbocycles. The first-order chi connectivity index (χ1) is 16.8. The lowest BCUT2D eigenvalue weighted by Crippen LogP contribution is -2.58. The lowest BCUT2D eigenvalue weighted by molar-refractivity contribution is -0.114. The van der Waals surface area contributed by atoms with Crippen LogP contribution in [0.5, 0.6) is 11.5 Å². The molecule has 0 bridgehead atoms. The summed E-state index contributed by atoms with van der Waals surface area (Å²) in [5.74, 6) is 1.25. The maximum absolute atomic E-state index is 12.7. The van der Waals surface area contributed by atoms with Crippen LogP contribution in [0.4, 0.5) is 10.5 Å². The summed E-state index contributed by atoms with van der Waals surface area (Å²) in [6.07, 6.45) is 6.63. The molecule has 1 unspecified atom stereocenters. The number of urea groups is 1. The lowest BCUT2D eigenvalue weighted by Gasteiger charge is -2.38. The number of fused-ring (bicyclic) bond motifs is 1. The van der Waals surface area contributed by atoms with E-state index >= 15 is 0 Å². The molecule has 4 N–H and O–H groups in total. The molecular weight excluding hydrogens is 446 g/mol. The normalized spacial score (nSPS) is 17.2. The first-order valence-electron chi connectivity index (χ1n) is 11.1. The monoisotopic (exact) mass is 471 g/mol. The van der Waals surface area contributed by atoms with E-state index in [9.17, 15) is 4.79 Å². The molecule has 2 aromatic carbocycles. The molecule has 0 aliphatic carbocycles. The van der Waals surface area contributed by atoms with Gasteiger partial charge in [-0.15, -0.1) is 0 Å². The maximum atomic E-state index is 12.7. The second kappa shape index (κ2) is 8.73. The van der Waals surface area contributed by atoms with Crippen LogP contribution in [0.2, 0.25) is 0 Å². The van der Waals surface area contributed by atoms with Gasteiger partial charge in [-0.1, -0.05) is 32.9 Å². The Bertz CT molecular complexity index is 1390. The lowest BCUT2D eigenvalue weighted by atomic mass is 9.83. The number of benzene rings is 2. The Balaban J connectivity index is 1.31. The van der Waals surface area contributed by atoms with E-state index in [2.05, 4.69) is 36.3 Å². The van der Waals surface area contributed by atoms with E-state index in [1.807, 2.05) is 45.0 Å². The first-order valence-corrected chi connectivity index (χ1v) is 11.1. The van der Waals surface area contributed by atoms with Crippen molar-refractivity contribution in [3.63, 3.8) is 0 Å². The van der Waals surface area contributed by atoms with Crippen LogP contribution < -0.4 is 20.9 Å². The summed E-state index contributed by atoms with van der Waals surface area (Å²) in [5.41, 5.74) is 4.15. The Hall–Kier alpha value is -4.44. The van der Waals surface area contributed by atoms with Gasteiger partial charge in [-0.3, -0.25) is 10.6 Å². The van der Waals surface area contributed by atoms with Crippen molar-refractivity contribution in [2.24, 2.45) is 5.41 Å². The maximum Gasteiger partial charge on any atom is 0.321 e. The quantitative estimate of drug-likeness (QED) is 0.332. The van der Waals surface area contributed by atoms with Gasteiger partial charge in [0.2, 0.25) is 0 Å². The van der Waals surface area contributed by atoms with Crippen molar-refractivity contribution in [1.29, 1.82) is 0 Å². The molecule has 35 heavy (non-hydrogen) atoms. The zero-order chi connectivity index (χ0) is 24.5. The van der Waals surface area contributed by atoms with Gasteiger partial charge in [0, 0.05) is 22.9 Å². The van der Waals surface area contributed by atoms with Crippen molar-refractivity contribution < 1.29 is 14.4 Å². The molecule has 10 nitrogen and oxygen atoms in total. The molecule has 1 aliphatic heterocycles. The summed E-state index contributed by atoms with van der Waals surface area (Å²) < 4.78 is 6.16. The number of ether oxygens (including phenoxy) is 1. The van der Waals surface area contributed by atoms with Crippen LogP contribution in [0.15, 0.2) is 73.3 Å². The fourth-order valence-corrected chi connectivity index (χ4v) is 3.77. The molecular formula is C25H25N7O3. The van der Waals surface area contributed by atoms with Crippen LogP contribution >= 0.6 is 0 Å². The number of carbonyl (C=O) groups excluding carboxylic acids is 1. The topological polar surface area (TPSA) is 126 Å². The van der Waals surface area contributed by atoms with Gasteiger partial charge in [0.15, 0.2) is 11.4 Å². The smallest absolute Gasteiger partial charge is 0.321 e. The SMILES string of the molecule is CC(C)(C)C1(NC(=O)Nc2ccc(Oc3ccccc3-c3ncnc4[nH]ncc34)cc2)C=CNO1. The van der Waals surface area contributed by atoms with Crippen molar-refractivity contribution in [3.8, 4) is 22.8 Å². The average Bonchev–Trinajstić information content (AvgIpc) is 3.51. The molecule has 10 heteroatoms. The molecule has 1 atom stereocenters. The fraction of sp³-hybridized carbons (Fsp3) is 0.200. The number of aromatic nitrogens is 4. The highest BCUT2D eigenvalue weighted by atomic mass is 16.7. The second-order valence-corrected chi connectivity index (χ2v) is 9.10. The summed E-state index contributed by atoms with van der Waals surface area (Å²) in [5, 5.41) is 13.5. The number of nitrogens with one attached hydrogen (secondary N) is 4. The van der Waals surface area contributed by atoms with Crippen LogP contribution in [-0.4, -0.2) is 31.9 Å². The molecule has 5 rings (SSSR count). The Morgan fingerprint density at radius 3 is 2.63 bits per heavy atom. The third kappa shape index (κ3) is 4.38. The highest BCUT2D eigenvalue weighted by Gasteiger charge is 2.45. The number of rotatable bonds is 5. The number of hydrogen-bond donors (Lipinski definition) is 4. The Morgan fingerprint density at radius 1 is 1.09 bits per heavy atom. The van der Waals surface area contributed by atoms with E-state index in [0.29, 0.717) is 22.8 Å². The molecule has 0 saturated heterocycles. The first kappa shape index (κ1) is 22.4. The van der Waals surface area contributed by atoms with Crippen molar-refractivity contribution in [2.75, 3.05) is 5.32 Å². The van der Waals surface area contributed by atoms with E-state index in [0.717, 1.165) is 16.6 Å². The molecule has 0 fully saturated rings. The summed E-state index contributed by atoms with van der Waals surface area (Å²) >= 11 is 0. The number of aromatic amines is 1. The number of anilines is 1. The molecule has 178 valence electrons. The minimum absolute atomic E-state index is 0.374. The van der Waals surface area contributed by atoms with Crippen LogP contribution in [0.3, 0.4) is 0 Å². The van der Waals surface area contributed by atoms with Gasteiger partial charge in [0.1, 0.15) is 17.8 Å². The van der Waals surface area contributed by atoms with Gasteiger partial charge in [0.05, 0.1) is 17.3 Å². The van der Waals surface area contributed by atoms with Crippen molar-refractivity contribution in [1.82, 2.24) is 31.0 Å². The number of nitrogens with zero attached hydrogens (tertiary/aromatic N) is 3. The number of hydrogen-bond acceptors (Lipinski definition) is 7. The number of carbonyl (C=O) groups is 1. The van der Waals surface area contributed by atoms with Crippen LogP contribution in [0.25, 0.3) is 22.3 Å². The highest BCUT2D eigenvalue weighted by molar-refractivity contribution is 5.91. The summed E-state index contributed by atoms with van der Waals surface area (Å²) in [4.78, 5) is 26.9. The Morgan fingerprint density at radius 2 is 1.89 bits per heavy atom. The second-order valence-electron chi connectivity index (χ2n) is 9.10. The summed E-state index contributed by atoms with van der Waals surface area (Å²) in [6, 6.07) is 14.3. The van der Waals surface area contributed by atoms with Gasteiger partial charge in [-0.05, 0) is 42.5 Å². The average molecular weight is 472 g/mol. The van der Waals surface area contributed by atoms with Crippen LogP contribution in [-0.2, 0) is 4.84 Å². The van der Waals surface area contributed by atoms with Crippen molar-refractivity contribution >= 4 is 22.8 Å². The zero-order valence-electron chi connectivity index (χ0n) is 19.5. The Labute approximate surface area is 201 Å². The molecule has 0 radical (unpaired) electrons. The third-order valence-corrected chi connectivity index (χ3v) is 5.75. The van der Waals surface area contributed by atoms with Crippen molar-refractivity contribution in [3.05, 3.63) is 73.3 Å². The van der Waals surface area contributed by atoms with Gasteiger partial charge in [-0.25, -0.2) is 19.6 Å². The van der Waals surface area contributed by atoms with Gasteiger partial charge >= 0.3 is 6.03 Å². The Kier molecular flexibility index (Phi) is 5.58. The minimum atomic E-state index is -0.967. The predicted molar refractivity (Wildman–Crippen MR) is 131 cm³/mol. The molecule has 1 aliphatic rings. The number of H-pyrrole nitrogens is 1. The van der Waals surface area contributed by atoms with Crippen molar-refractivity contribution in [2.45, 2.75) is 26.5 Å². The summed E-state index contributed by atoms with van der Waals surface area (Å²) in [7, 11) is 0. The van der Waals surface area contributed by atoms with E-state index < -0.39 is 5.72 Å². The van der Waals surface area contributed by atoms with E-state index in [1.54, 1.807) is 42.7 Å². The zero-order valence-corrected chi connectivity index (χ0v) is 19.5. The molecule has 4 aromatic rings. The minimum Gasteiger partial charge on any atom is -0.457 e. The molecule has 2 amide bonds. The predicted octanol–water partition coefficient (Wildman–Crippen LogP) is 4.72. The van der Waals surface area contributed by atoms with E-state index in [1.165, 1.54) is 6.33 Å². The molecule has 3 heterocycles. The highest BCUT2D eigenvalue weighted by Crippen LogP contribution is 2.36. The largest absolute Gasteiger partial charge is 0.457 e. The van der Waals surface area contributed by atoms with E-state index in [-0.39, 0.29) is 11.4 Å². The standard InChI is InChI=1S/C25H25N7O3/c1-24(2,3)25(12-13-29-35-25)31-23(33)30-16-8-10-17(11-9-16)34-20-7-5-4-6-18(20)21-19-14-28-32-22(19)27-15-26-21/h4-15,29H,1-3H3,(H2,30,31,33)(H,26,27,28,32). The fourth-order valence-electron chi connectivity index (χ4n) is 3.77. The van der Waals surface area contributed by atoms with Crippen LogP contribution in [0, 0.1) is 5.41 Å². The van der Waals surface area contributed by atoms with Gasteiger partial charge in [-0.2, -0.15) is 5.10 Å². The van der Waals surface area contributed by atoms with Crippen LogP contribution in [0.1, 0.15) is 20.8 Å². The molecule has 2 aromatic heterocycles. The number of hydroxylamine groups is 1. The summed E-state index contributed by atoms with van der Waals surface area (Å²) in [6.45, 7) is 5.94. The number of para-hydroxylation sites is 1. The van der Waals surface area contributed by atoms with E-state index in [4.69, 9.17) is 9.57 Å². The molecule has 0 spiro atoms. The third-order valence-electron chi connectivity index (χ3n) is 5.75. The van der Waals surface area contributed by atoms with Gasteiger partial charge in [0.25, 0.3) is 0 Å².